The third kappa shape index (κ3) is 5.13. The minimum absolute atomic E-state index is 0.0229. The summed E-state index contributed by atoms with van der Waals surface area (Å²) in [6.07, 6.45) is -9.56. The highest BCUT2D eigenvalue weighted by molar-refractivity contribution is 5.86. The molecule has 0 unspecified atom stereocenters. The van der Waals surface area contributed by atoms with E-state index in [1.165, 1.54) is 13.8 Å². The van der Waals surface area contributed by atoms with E-state index in [4.69, 9.17) is 6.15 Å². The lowest BCUT2D eigenvalue weighted by molar-refractivity contribution is -0.147. The molecule has 0 saturated carbocycles. The number of amides is 1. The maximum atomic E-state index is 13.2. The fourth-order valence-corrected chi connectivity index (χ4v) is 3.69. The van der Waals surface area contributed by atoms with E-state index in [2.05, 4.69) is 5.10 Å². The molecule has 2 aromatic rings. The number of ether oxygens (including phenoxy) is 1. The lowest BCUT2D eigenvalue weighted by Crippen LogP contribution is -2.59. The molecule has 36 heavy (non-hydrogen) atoms. The number of carbonyl (C=O) groups excluding carboxylic acids is 1. The van der Waals surface area contributed by atoms with Crippen molar-refractivity contribution in [2.24, 2.45) is 5.92 Å². The van der Waals surface area contributed by atoms with Gasteiger partial charge < -0.3 is 30.5 Å². The van der Waals surface area contributed by atoms with Crippen molar-refractivity contribution in [2.75, 3.05) is 6.61 Å². The van der Waals surface area contributed by atoms with Crippen molar-refractivity contribution in [3.05, 3.63) is 41.3 Å². The van der Waals surface area contributed by atoms with Gasteiger partial charge in [0, 0.05) is 11.3 Å². The number of nitrogens with zero attached hydrogens (tertiary/aromatic N) is 3. The number of aliphatic hydroxyl groups is 3. The molecule has 1 aliphatic heterocycles. The monoisotopic (exact) mass is 513 g/mol. The number of nitriles is 1. The number of aliphatic hydroxyl groups excluding tert-OH is 3. The first kappa shape index (κ1) is 25.4. The van der Waals surface area contributed by atoms with Gasteiger partial charge in [-0.1, -0.05) is 13.8 Å². The van der Waals surface area contributed by atoms with Crippen LogP contribution in [0.1, 0.15) is 31.1 Å². The maximum Gasteiger partial charge on any atom is 0.416 e. The summed E-state index contributed by atoms with van der Waals surface area (Å²) >= 11 is 0. The number of fused-ring (bicyclic) bond motifs is 1. The zero-order chi connectivity index (χ0) is 27.8. The number of carboxylic acids is 1. The SMILES string of the molecule is [2H]N(C(=O)C(C)C)[C@H]1[C@H]([C@H](O)[C@H](O)CO)OC(C(=O)O)=C[C@@H]1n1nc2cc(C(F)(F)F)ccc2c1C#N. The van der Waals surface area contributed by atoms with E-state index >= 15 is 0 Å². The molecule has 0 fully saturated rings. The molecular formula is C22H23F3N4O7. The number of hydrogen-bond acceptors (Lipinski definition) is 8. The predicted octanol–water partition coefficient (Wildman–Crippen LogP) is 0.690. The van der Waals surface area contributed by atoms with Crippen LogP contribution in [0, 0.1) is 17.2 Å². The molecule has 1 aromatic heterocycles. The standard InChI is InChI=1S/C22H23F3N4O7/c1-9(2)20(33)27-17-13(6-16(21(34)35)36-19(17)18(32)15(31)8-30)29-14(7-26)11-4-3-10(22(23,24)25)5-12(11)28-29/h3-6,9,13,15,17-19,30-32H,8H2,1-2H3,(H,27,33)(H,34,35)/t13-,15+,17+,18+,19+/m0/s1/i/hD. The molecule has 5 N–H and O–H groups in total. The Morgan fingerprint density at radius 3 is 2.56 bits per heavy atom. The first-order valence-corrected chi connectivity index (χ1v) is 10.6. The van der Waals surface area contributed by atoms with Crippen molar-refractivity contribution in [1.82, 2.24) is 15.1 Å². The second kappa shape index (κ2) is 10.1. The molecule has 14 heteroatoms. The Bertz CT molecular complexity index is 1270. The highest BCUT2D eigenvalue weighted by atomic mass is 19.4. The van der Waals surface area contributed by atoms with Crippen molar-refractivity contribution in [2.45, 2.75) is 50.4 Å². The van der Waals surface area contributed by atoms with Gasteiger partial charge in [-0.3, -0.25) is 4.79 Å². The van der Waals surface area contributed by atoms with Crippen molar-refractivity contribution in [3.63, 3.8) is 0 Å². The Morgan fingerprint density at radius 2 is 2.03 bits per heavy atom. The summed E-state index contributed by atoms with van der Waals surface area (Å²) in [5.41, 5.74) is -1.65. The Balaban J connectivity index is 2.30. The number of carbonyl (C=O) groups is 2. The average Bonchev–Trinajstić information content (AvgIpc) is 3.23. The fraction of sp³-hybridized carbons (Fsp3) is 0.455. The normalized spacial score (nSPS) is 22.3. The van der Waals surface area contributed by atoms with Crippen LogP contribution in [0.5, 0.6) is 0 Å². The molecule has 0 spiro atoms. The lowest BCUT2D eigenvalue weighted by Gasteiger charge is -2.40. The molecular weight excluding hydrogens is 489 g/mol. The zero-order valence-electron chi connectivity index (χ0n) is 19.9. The molecule has 0 saturated heterocycles. The van der Waals surface area contributed by atoms with Gasteiger partial charge in [0.25, 0.3) is 0 Å². The summed E-state index contributed by atoms with van der Waals surface area (Å²) in [5.74, 6) is -4.05. The van der Waals surface area contributed by atoms with Crippen LogP contribution in [0.15, 0.2) is 30.0 Å². The van der Waals surface area contributed by atoms with Crippen molar-refractivity contribution in [1.29, 1.82) is 5.26 Å². The first-order valence-electron chi connectivity index (χ1n) is 11.1. The van der Waals surface area contributed by atoms with Gasteiger partial charge in [0.05, 0.1) is 29.8 Å². The van der Waals surface area contributed by atoms with Gasteiger partial charge in [0.1, 0.15) is 30.1 Å². The summed E-state index contributed by atoms with van der Waals surface area (Å²) in [6.45, 7) is 1.92. The summed E-state index contributed by atoms with van der Waals surface area (Å²) < 4.78 is 54.4. The quantitative estimate of drug-likeness (QED) is 0.356. The van der Waals surface area contributed by atoms with Crippen LogP contribution in [0.3, 0.4) is 0 Å². The molecule has 194 valence electrons. The van der Waals surface area contributed by atoms with E-state index in [1.807, 2.05) is 0 Å². The number of carboxylic acid groups (broad SMARTS) is 1. The molecule has 1 aliphatic rings. The molecule has 0 radical (unpaired) electrons. The molecule has 3 rings (SSSR count). The number of hydrogen-bond donors (Lipinski definition) is 5. The number of aromatic nitrogens is 2. The largest absolute Gasteiger partial charge is 0.478 e. The summed E-state index contributed by atoms with van der Waals surface area (Å²) in [7, 11) is 0. The highest BCUT2D eigenvalue weighted by Gasteiger charge is 2.46. The number of aliphatic carboxylic acids is 1. The maximum absolute atomic E-state index is 13.2. The van der Waals surface area contributed by atoms with Crippen LogP contribution < -0.4 is 5.31 Å². The topological polar surface area (TPSA) is 178 Å². The summed E-state index contributed by atoms with van der Waals surface area (Å²) in [4.78, 5) is 24.6. The summed E-state index contributed by atoms with van der Waals surface area (Å²) in [6, 6.07) is 1.05. The van der Waals surface area contributed by atoms with E-state index in [1.54, 1.807) is 6.07 Å². The van der Waals surface area contributed by atoms with E-state index in [9.17, 15) is 48.4 Å². The average molecular weight is 513 g/mol. The van der Waals surface area contributed by atoms with E-state index in [0.29, 0.717) is 11.4 Å². The smallest absolute Gasteiger partial charge is 0.416 e. The van der Waals surface area contributed by atoms with Gasteiger partial charge in [-0.25, -0.2) is 9.48 Å². The first-order chi connectivity index (χ1) is 17.2. The van der Waals surface area contributed by atoms with Crippen LogP contribution in [-0.2, 0) is 20.5 Å². The highest BCUT2D eigenvalue weighted by Crippen LogP contribution is 2.35. The van der Waals surface area contributed by atoms with Gasteiger partial charge in [-0.2, -0.15) is 23.5 Å². The third-order valence-electron chi connectivity index (χ3n) is 5.58. The van der Waals surface area contributed by atoms with Crippen LogP contribution in [0.25, 0.3) is 10.9 Å². The van der Waals surface area contributed by atoms with Crippen molar-refractivity contribution in [3.8, 4) is 6.07 Å². The molecule has 5 atom stereocenters. The minimum atomic E-state index is -4.72. The van der Waals surface area contributed by atoms with Gasteiger partial charge in [0.15, 0.2) is 1.41 Å². The van der Waals surface area contributed by atoms with Crippen LogP contribution >= 0.6 is 0 Å². The molecule has 0 bridgehead atoms. The number of rotatable bonds is 7. The number of benzene rings is 1. The fourth-order valence-electron chi connectivity index (χ4n) is 3.69. The van der Waals surface area contributed by atoms with Gasteiger partial charge in [-0.05, 0) is 24.3 Å². The van der Waals surface area contributed by atoms with Crippen LogP contribution in [0.2, 0.25) is 1.41 Å². The van der Waals surface area contributed by atoms with Crippen molar-refractivity contribution >= 4 is 22.8 Å². The molecule has 2 heterocycles. The number of halogens is 3. The Morgan fingerprint density at radius 1 is 1.36 bits per heavy atom. The molecule has 1 aromatic carbocycles. The van der Waals surface area contributed by atoms with Crippen LogP contribution in [-0.4, -0.2) is 73.0 Å². The summed E-state index contributed by atoms with van der Waals surface area (Å²) in [5, 5.41) is 53.8. The van der Waals surface area contributed by atoms with E-state index in [0.717, 1.165) is 22.9 Å². The lowest BCUT2D eigenvalue weighted by atomic mass is 9.91. The Labute approximate surface area is 203 Å². The van der Waals surface area contributed by atoms with Gasteiger partial charge in [-0.15, -0.1) is 0 Å². The third-order valence-corrected chi connectivity index (χ3v) is 5.58. The van der Waals surface area contributed by atoms with Crippen LogP contribution in [0.4, 0.5) is 13.2 Å². The number of alkyl halides is 3. The van der Waals surface area contributed by atoms with Gasteiger partial charge >= 0.3 is 12.1 Å². The molecule has 0 aliphatic carbocycles. The Kier molecular flexibility index (Phi) is 7.16. The van der Waals surface area contributed by atoms with Gasteiger partial charge in [0.2, 0.25) is 11.7 Å². The second-order valence-electron chi connectivity index (χ2n) is 8.40. The van der Waals surface area contributed by atoms with E-state index in [-0.39, 0.29) is 16.6 Å². The minimum Gasteiger partial charge on any atom is -0.478 e. The Hall–Kier alpha value is -3.67. The number of nitrogens with one attached hydrogen (secondary N) is 1. The van der Waals surface area contributed by atoms with Crippen molar-refractivity contribution < 1.29 is 49.3 Å². The second-order valence-corrected chi connectivity index (χ2v) is 8.40. The van der Waals surface area contributed by atoms with E-state index < -0.39 is 72.3 Å². The zero-order valence-corrected chi connectivity index (χ0v) is 18.9. The molecule has 11 nitrogen and oxygen atoms in total. The molecule has 1 amide bonds. The predicted molar refractivity (Wildman–Crippen MR) is 115 cm³/mol.